The fraction of sp³-hybridized carbons (Fsp3) is 0.125. The smallest absolute Gasteiger partial charge is 0.258 e. The zero-order valence-electron chi connectivity index (χ0n) is 11.5. The van der Waals surface area contributed by atoms with Gasteiger partial charge in [0.25, 0.3) is 5.56 Å². The summed E-state index contributed by atoms with van der Waals surface area (Å²) < 4.78 is 2.58. The maximum atomic E-state index is 12.0. The SMILES string of the molecule is Cc1cc(Br)ccc1NCc1cc(=O)n2ccccc2n1. The van der Waals surface area contributed by atoms with Crippen molar-refractivity contribution in [1.82, 2.24) is 9.38 Å². The van der Waals surface area contributed by atoms with Crippen LogP contribution in [0.3, 0.4) is 0 Å². The molecule has 0 aliphatic heterocycles. The topological polar surface area (TPSA) is 46.4 Å². The maximum Gasteiger partial charge on any atom is 0.258 e. The Kier molecular flexibility index (Phi) is 3.75. The van der Waals surface area contributed by atoms with Gasteiger partial charge >= 0.3 is 0 Å². The summed E-state index contributed by atoms with van der Waals surface area (Å²) in [6, 6.07) is 13.1. The predicted octanol–water partition coefficient (Wildman–Crippen LogP) is 3.38. The number of aromatic nitrogens is 2. The van der Waals surface area contributed by atoms with Crippen molar-refractivity contribution in [1.29, 1.82) is 0 Å². The lowest BCUT2D eigenvalue weighted by Crippen LogP contribution is -2.16. The van der Waals surface area contributed by atoms with Crippen LogP contribution in [0.1, 0.15) is 11.3 Å². The Balaban J connectivity index is 1.87. The number of fused-ring (bicyclic) bond motifs is 1. The molecule has 1 N–H and O–H groups in total. The van der Waals surface area contributed by atoms with Crippen LogP contribution in [0.25, 0.3) is 5.65 Å². The molecule has 4 nitrogen and oxygen atoms in total. The lowest BCUT2D eigenvalue weighted by Gasteiger charge is -2.10. The van der Waals surface area contributed by atoms with Crippen molar-refractivity contribution in [2.75, 3.05) is 5.32 Å². The van der Waals surface area contributed by atoms with Gasteiger partial charge in [0.15, 0.2) is 0 Å². The van der Waals surface area contributed by atoms with Crippen molar-refractivity contribution in [3.8, 4) is 0 Å². The number of nitrogens with one attached hydrogen (secondary N) is 1. The molecule has 0 aliphatic carbocycles. The molecular weight excluding hydrogens is 330 g/mol. The molecule has 106 valence electrons. The first-order valence-electron chi connectivity index (χ1n) is 6.61. The first-order chi connectivity index (χ1) is 10.1. The monoisotopic (exact) mass is 343 g/mol. The number of rotatable bonds is 3. The minimum atomic E-state index is -0.0649. The van der Waals surface area contributed by atoms with Crippen LogP contribution in [0.2, 0.25) is 0 Å². The molecule has 1 aromatic carbocycles. The van der Waals surface area contributed by atoms with Crippen LogP contribution in [0.15, 0.2) is 57.9 Å². The Labute approximate surface area is 130 Å². The van der Waals surface area contributed by atoms with Crippen LogP contribution >= 0.6 is 15.9 Å². The molecule has 21 heavy (non-hydrogen) atoms. The standard InChI is InChI=1S/C16H14BrN3O/c1-11-8-12(17)5-6-14(11)18-10-13-9-16(21)20-7-3-2-4-15(20)19-13/h2-9,18H,10H2,1H3. The van der Waals surface area contributed by atoms with Gasteiger partial charge in [-0.3, -0.25) is 9.20 Å². The molecule has 0 atom stereocenters. The normalized spacial score (nSPS) is 10.8. The third-order valence-corrected chi connectivity index (χ3v) is 3.77. The highest BCUT2D eigenvalue weighted by Crippen LogP contribution is 2.20. The second kappa shape index (κ2) is 5.69. The molecule has 0 aliphatic rings. The van der Waals surface area contributed by atoms with E-state index in [0.717, 1.165) is 21.4 Å². The lowest BCUT2D eigenvalue weighted by atomic mass is 10.2. The average molecular weight is 344 g/mol. The number of nitrogens with zero attached hydrogens (tertiary/aromatic N) is 2. The van der Waals surface area contributed by atoms with E-state index < -0.39 is 0 Å². The molecule has 3 rings (SSSR count). The van der Waals surface area contributed by atoms with Gasteiger partial charge < -0.3 is 5.32 Å². The van der Waals surface area contributed by atoms with Gasteiger partial charge in [-0.05, 0) is 42.8 Å². The minimum Gasteiger partial charge on any atom is -0.379 e. The molecule has 0 fully saturated rings. The fourth-order valence-corrected chi connectivity index (χ4v) is 2.68. The van der Waals surface area contributed by atoms with Crippen molar-refractivity contribution < 1.29 is 0 Å². The number of hydrogen-bond acceptors (Lipinski definition) is 3. The number of aryl methyl sites for hydroxylation is 1. The molecule has 0 unspecified atom stereocenters. The summed E-state index contributed by atoms with van der Waals surface area (Å²) in [5.41, 5.74) is 3.50. The number of anilines is 1. The number of halogens is 1. The largest absolute Gasteiger partial charge is 0.379 e. The van der Waals surface area contributed by atoms with Gasteiger partial charge in [-0.15, -0.1) is 0 Å². The molecule has 0 saturated carbocycles. The van der Waals surface area contributed by atoms with Gasteiger partial charge in [0, 0.05) is 22.4 Å². The summed E-state index contributed by atoms with van der Waals surface area (Å²) >= 11 is 3.44. The summed E-state index contributed by atoms with van der Waals surface area (Å²) in [5.74, 6) is 0. The Hall–Kier alpha value is -2.14. The average Bonchev–Trinajstić information content (AvgIpc) is 2.46. The molecule has 3 aromatic rings. The molecular formula is C16H14BrN3O. The highest BCUT2D eigenvalue weighted by atomic mass is 79.9. The number of benzene rings is 1. The zero-order chi connectivity index (χ0) is 14.8. The predicted molar refractivity (Wildman–Crippen MR) is 87.7 cm³/mol. The van der Waals surface area contributed by atoms with Crippen molar-refractivity contribution in [2.24, 2.45) is 0 Å². The molecule has 0 saturated heterocycles. The Morgan fingerprint density at radius 2 is 2.10 bits per heavy atom. The first-order valence-corrected chi connectivity index (χ1v) is 7.40. The third-order valence-electron chi connectivity index (χ3n) is 3.27. The van der Waals surface area contributed by atoms with Crippen LogP contribution in [0.4, 0.5) is 5.69 Å². The molecule has 5 heteroatoms. The van der Waals surface area contributed by atoms with Crippen LogP contribution in [0.5, 0.6) is 0 Å². The lowest BCUT2D eigenvalue weighted by molar-refractivity contribution is 0.970. The highest BCUT2D eigenvalue weighted by molar-refractivity contribution is 9.10. The maximum absolute atomic E-state index is 12.0. The van der Waals surface area contributed by atoms with E-state index in [-0.39, 0.29) is 5.56 Å². The highest BCUT2D eigenvalue weighted by Gasteiger charge is 2.03. The molecule has 2 heterocycles. The summed E-state index contributed by atoms with van der Waals surface area (Å²) in [7, 11) is 0. The third kappa shape index (κ3) is 2.97. The van der Waals surface area contributed by atoms with Crippen molar-refractivity contribution in [3.05, 3.63) is 74.7 Å². The van der Waals surface area contributed by atoms with Crippen LogP contribution in [0, 0.1) is 6.92 Å². The van der Waals surface area contributed by atoms with E-state index in [1.807, 2.05) is 43.3 Å². The van der Waals surface area contributed by atoms with Crippen molar-refractivity contribution in [3.63, 3.8) is 0 Å². The van der Waals surface area contributed by atoms with Crippen LogP contribution in [-0.4, -0.2) is 9.38 Å². The molecule has 0 bridgehead atoms. The summed E-state index contributed by atoms with van der Waals surface area (Å²) in [6.07, 6.45) is 1.72. The van der Waals surface area contributed by atoms with Crippen LogP contribution in [-0.2, 0) is 6.54 Å². The van der Waals surface area contributed by atoms with Gasteiger partial charge in [0.2, 0.25) is 0 Å². The van der Waals surface area contributed by atoms with Gasteiger partial charge in [-0.2, -0.15) is 0 Å². The van der Waals surface area contributed by atoms with Crippen molar-refractivity contribution >= 4 is 27.3 Å². The van der Waals surface area contributed by atoms with Gasteiger partial charge in [0.1, 0.15) is 5.65 Å². The molecule has 0 spiro atoms. The number of hydrogen-bond donors (Lipinski definition) is 1. The fourth-order valence-electron chi connectivity index (χ4n) is 2.20. The summed E-state index contributed by atoms with van der Waals surface area (Å²) in [5, 5.41) is 3.32. The second-order valence-electron chi connectivity index (χ2n) is 4.83. The molecule has 0 radical (unpaired) electrons. The van der Waals surface area contributed by atoms with E-state index in [2.05, 4.69) is 26.2 Å². The zero-order valence-corrected chi connectivity index (χ0v) is 13.1. The molecule has 2 aromatic heterocycles. The summed E-state index contributed by atoms with van der Waals surface area (Å²) in [6.45, 7) is 2.55. The van der Waals surface area contributed by atoms with E-state index in [1.165, 1.54) is 4.40 Å². The minimum absolute atomic E-state index is 0.0649. The van der Waals surface area contributed by atoms with E-state index in [9.17, 15) is 4.79 Å². The van der Waals surface area contributed by atoms with Crippen molar-refractivity contribution in [2.45, 2.75) is 13.5 Å². The van der Waals surface area contributed by atoms with E-state index in [0.29, 0.717) is 12.2 Å². The number of pyridine rings is 1. The van der Waals surface area contributed by atoms with Gasteiger partial charge in [-0.1, -0.05) is 22.0 Å². The summed E-state index contributed by atoms with van der Waals surface area (Å²) in [4.78, 5) is 16.5. The van der Waals surface area contributed by atoms with Gasteiger partial charge in [0.05, 0.1) is 12.2 Å². The second-order valence-corrected chi connectivity index (χ2v) is 5.74. The van der Waals surface area contributed by atoms with Crippen LogP contribution < -0.4 is 10.9 Å². The molecule has 0 amide bonds. The van der Waals surface area contributed by atoms with E-state index >= 15 is 0 Å². The van der Waals surface area contributed by atoms with E-state index in [4.69, 9.17) is 0 Å². The Bertz CT molecular complexity index is 858. The Morgan fingerprint density at radius 3 is 2.90 bits per heavy atom. The Morgan fingerprint density at radius 1 is 1.24 bits per heavy atom. The van der Waals surface area contributed by atoms with Gasteiger partial charge in [-0.25, -0.2) is 4.98 Å². The first kappa shape index (κ1) is 13.8. The van der Waals surface area contributed by atoms with E-state index in [1.54, 1.807) is 12.3 Å². The quantitative estimate of drug-likeness (QED) is 0.792.